The maximum Gasteiger partial charge on any atom is 0.00221 e. The second kappa shape index (κ2) is 2.76. The fraction of sp³-hybridized carbons (Fsp3) is 1.00. The molecule has 0 saturated carbocycles. The summed E-state index contributed by atoms with van der Waals surface area (Å²) in [5, 5.41) is 0. The van der Waals surface area contributed by atoms with E-state index in [0.29, 0.717) is 0 Å². The summed E-state index contributed by atoms with van der Waals surface area (Å²) < 4.78 is 0. The molecule has 2 heterocycles. The molecule has 0 aliphatic carbocycles. The molecule has 2 rings (SSSR count). The molecule has 0 aromatic carbocycles. The third-order valence-corrected chi connectivity index (χ3v) is 3.19. The second-order valence-corrected chi connectivity index (χ2v) is 4.29. The third-order valence-electron chi connectivity index (χ3n) is 3.19. The van der Waals surface area contributed by atoms with Gasteiger partial charge < -0.3 is 9.80 Å². The van der Waals surface area contributed by atoms with Crippen LogP contribution in [0.5, 0.6) is 0 Å². The van der Waals surface area contributed by atoms with Crippen LogP contribution in [0.15, 0.2) is 0 Å². The average molecular weight is 154 g/mol. The Bertz CT molecular complexity index is 146. The molecule has 2 aliphatic heterocycles. The van der Waals surface area contributed by atoms with Crippen LogP contribution in [0.1, 0.15) is 6.42 Å². The summed E-state index contributed by atoms with van der Waals surface area (Å²) in [6.45, 7) is 5.32. The van der Waals surface area contributed by atoms with Crippen molar-refractivity contribution < 1.29 is 0 Å². The lowest BCUT2D eigenvalue weighted by Gasteiger charge is -2.31. The molecule has 0 spiro atoms. The first-order chi connectivity index (χ1) is 5.25. The zero-order chi connectivity index (χ0) is 7.84. The Morgan fingerprint density at radius 2 is 1.55 bits per heavy atom. The van der Waals surface area contributed by atoms with Gasteiger partial charge in [0.1, 0.15) is 0 Å². The Kier molecular flexibility index (Phi) is 1.90. The van der Waals surface area contributed by atoms with Gasteiger partial charge >= 0.3 is 0 Å². The zero-order valence-corrected chi connectivity index (χ0v) is 7.58. The first-order valence-electron chi connectivity index (χ1n) is 4.63. The molecule has 2 atom stereocenters. The van der Waals surface area contributed by atoms with Crippen LogP contribution in [0.25, 0.3) is 0 Å². The van der Waals surface area contributed by atoms with Crippen molar-refractivity contribution in [3.63, 3.8) is 0 Å². The van der Waals surface area contributed by atoms with Crippen molar-refractivity contribution in [2.45, 2.75) is 6.42 Å². The number of nitrogens with zero attached hydrogens (tertiary/aromatic N) is 2. The van der Waals surface area contributed by atoms with Crippen LogP contribution in [-0.4, -0.2) is 50.1 Å². The number of hydrogen-bond donors (Lipinski definition) is 0. The molecule has 0 N–H and O–H groups in total. The van der Waals surface area contributed by atoms with Gasteiger partial charge in [-0.05, 0) is 38.9 Å². The topological polar surface area (TPSA) is 6.48 Å². The van der Waals surface area contributed by atoms with Crippen molar-refractivity contribution >= 4 is 0 Å². The van der Waals surface area contributed by atoms with Crippen LogP contribution < -0.4 is 0 Å². The van der Waals surface area contributed by atoms with Gasteiger partial charge in [-0.25, -0.2) is 0 Å². The van der Waals surface area contributed by atoms with Crippen molar-refractivity contribution in [3.8, 4) is 0 Å². The fourth-order valence-electron chi connectivity index (χ4n) is 2.58. The van der Waals surface area contributed by atoms with E-state index in [-0.39, 0.29) is 0 Å². The van der Waals surface area contributed by atoms with E-state index in [2.05, 4.69) is 23.9 Å². The molecule has 2 saturated heterocycles. The van der Waals surface area contributed by atoms with Crippen LogP contribution in [0.4, 0.5) is 0 Å². The van der Waals surface area contributed by atoms with Gasteiger partial charge in [-0.3, -0.25) is 0 Å². The summed E-state index contributed by atoms with van der Waals surface area (Å²) in [7, 11) is 4.49. The first-order valence-corrected chi connectivity index (χ1v) is 4.63. The molecular weight excluding hydrogens is 136 g/mol. The first kappa shape index (κ1) is 7.56. The number of likely N-dealkylation sites (tertiary alicyclic amines) is 2. The van der Waals surface area contributed by atoms with Crippen LogP contribution >= 0.6 is 0 Å². The van der Waals surface area contributed by atoms with E-state index in [1.807, 2.05) is 0 Å². The summed E-state index contributed by atoms with van der Waals surface area (Å²) in [6, 6.07) is 0. The minimum absolute atomic E-state index is 0.971. The third kappa shape index (κ3) is 1.42. The summed E-state index contributed by atoms with van der Waals surface area (Å²) in [6.07, 6.45) is 1.42. The Hall–Kier alpha value is -0.0800. The average Bonchev–Trinajstić information content (AvgIpc) is 2.27. The van der Waals surface area contributed by atoms with E-state index in [1.54, 1.807) is 0 Å². The lowest BCUT2D eigenvalue weighted by Crippen LogP contribution is -2.37. The molecule has 2 heteroatoms. The molecule has 0 aromatic heterocycles. The van der Waals surface area contributed by atoms with E-state index >= 15 is 0 Å². The minimum atomic E-state index is 0.971. The molecule has 64 valence electrons. The van der Waals surface area contributed by atoms with Gasteiger partial charge in [-0.15, -0.1) is 0 Å². The van der Waals surface area contributed by atoms with Gasteiger partial charge in [0.05, 0.1) is 0 Å². The number of fused-ring (bicyclic) bond motifs is 1. The molecular formula is C9H18N2. The maximum atomic E-state index is 2.48. The van der Waals surface area contributed by atoms with Crippen LogP contribution in [0, 0.1) is 11.8 Å². The van der Waals surface area contributed by atoms with Crippen molar-refractivity contribution in [1.29, 1.82) is 0 Å². The second-order valence-electron chi connectivity index (χ2n) is 4.29. The van der Waals surface area contributed by atoms with Gasteiger partial charge in [0.2, 0.25) is 0 Å². The Balaban J connectivity index is 1.97. The van der Waals surface area contributed by atoms with E-state index in [1.165, 1.54) is 32.6 Å². The minimum Gasteiger partial charge on any atom is -0.306 e. The Morgan fingerprint density at radius 3 is 2.36 bits per heavy atom. The molecule has 0 amide bonds. The van der Waals surface area contributed by atoms with Crippen LogP contribution in [-0.2, 0) is 0 Å². The van der Waals surface area contributed by atoms with E-state index in [9.17, 15) is 0 Å². The van der Waals surface area contributed by atoms with E-state index in [0.717, 1.165) is 11.8 Å². The number of hydrogen-bond acceptors (Lipinski definition) is 2. The van der Waals surface area contributed by atoms with Crippen LogP contribution in [0.3, 0.4) is 0 Å². The Morgan fingerprint density at radius 1 is 0.909 bits per heavy atom. The molecule has 0 bridgehead atoms. The Labute approximate surface area is 69.2 Å². The summed E-state index contributed by atoms with van der Waals surface area (Å²) in [5.74, 6) is 1.98. The SMILES string of the molecule is CN1CC[C@@H]2CN(C)C[C@@H]2C1. The molecule has 0 aromatic rings. The van der Waals surface area contributed by atoms with Gasteiger partial charge in [0.15, 0.2) is 0 Å². The molecule has 2 aliphatic rings. The summed E-state index contributed by atoms with van der Waals surface area (Å²) in [4.78, 5) is 4.95. The fourth-order valence-corrected chi connectivity index (χ4v) is 2.58. The number of rotatable bonds is 0. The quantitative estimate of drug-likeness (QED) is 0.501. The van der Waals surface area contributed by atoms with Gasteiger partial charge in [-0.1, -0.05) is 0 Å². The van der Waals surface area contributed by atoms with Gasteiger partial charge in [0.25, 0.3) is 0 Å². The molecule has 11 heavy (non-hydrogen) atoms. The highest BCUT2D eigenvalue weighted by Crippen LogP contribution is 2.29. The highest BCUT2D eigenvalue weighted by atomic mass is 15.2. The largest absolute Gasteiger partial charge is 0.306 e. The highest BCUT2D eigenvalue weighted by Gasteiger charge is 2.34. The summed E-state index contributed by atoms with van der Waals surface area (Å²) >= 11 is 0. The highest BCUT2D eigenvalue weighted by molar-refractivity contribution is 4.87. The van der Waals surface area contributed by atoms with Crippen molar-refractivity contribution in [3.05, 3.63) is 0 Å². The number of piperidine rings is 1. The molecule has 2 fully saturated rings. The molecule has 0 unspecified atom stereocenters. The summed E-state index contributed by atoms with van der Waals surface area (Å²) in [5.41, 5.74) is 0. The van der Waals surface area contributed by atoms with Crippen LogP contribution in [0.2, 0.25) is 0 Å². The van der Waals surface area contributed by atoms with Crippen molar-refractivity contribution in [2.75, 3.05) is 40.3 Å². The molecule has 2 nitrogen and oxygen atoms in total. The smallest absolute Gasteiger partial charge is 0.00221 e. The zero-order valence-electron chi connectivity index (χ0n) is 7.58. The lowest BCUT2D eigenvalue weighted by atomic mass is 9.89. The van der Waals surface area contributed by atoms with E-state index in [4.69, 9.17) is 0 Å². The predicted molar refractivity (Wildman–Crippen MR) is 46.6 cm³/mol. The normalized spacial score (nSPS) is 40.9. The van der Waals surface area contributed by atoms with Gasteiger partial charge in [0, 0.05) is 19.6 Å². The maximum absolute atomic E-state index is 2.48. The van der Waals surface area contributed by atoms with Crippen molar-refractivity contribution in [2.24, 2.45) is 11.8 Å². The lowest BCUT2D eigenvalue weighted by molar-refractivity contribution is 0.178. The van der Waals surface area contributed by atoms with Crippen molar-refractivity contribution in [1.82, 2.24) is 9.80 Å². The van der Waals surface area contributed by atoms with Gasteiger partial charge in [-0.2, -0.15) is 0 Å². The van der Waals surface area contributed by atoms with E-state index < -0.39 is 0 Å². The molecule has 0 radical (unpaired) electrons. The standard InChI is InChI=1S/C9H18N2/c1-10-4-3-8-5-11(2)7-9(8)6-10/h8-9H,3-7H2,1-2H3/t8-,9+/m1/s1. The monoisotopic (exact) mass is 154 g/mol. The predicted octanol–water partition coefficient (Wildman–Crippen LogP) is 0.500.